The molecular formula is C9H13N3OS. The summed E-state index contributed by atoms with van der Waals surface area (Å²) in [7, 11) is 0. The third kappa shape index (κ3) is 2.52. The Hall–Kier alpha value is -0.940. The largest absolute Gasteiger partial charge is 0.489 e. The normalized spacial score (nSPS) is 21.0. The minimum absolute atomic E-state index is 0.483. The van der Waals surface area contributed by atoms with Crippen molar-refractivity contribution in [1.29, 1.82) is 0 Å². The summed E-state index contributed by atoms with van der Waals surface area (Å²) >= 11 is 4.83. The Morgan fingerprint density at radius 2 is 2.57 bits per heavy atom. The molecule has 0 aromatic carbocycles. The molecule has 1 saturated heterocycles. The molecule has 1 aliphatic heterocycles. The van der Waals surface area contributed by atoms with Gasteiger partial charge in [-0.2, -0.15) is 0 Å². The summed E-state index contributed by atoms with van der Waals surface area (Å²) in [5.41, 5.74) is 0. The fourth-order valence-corrected chi connectivity index (χ4v) is 1.62. The highest BCUT2D eigenvalue weighted by atomic mass is 32.1. The van der Waals surface area contributed by atoms with Crippen molar-refractivity contribution < 1.29 is 4.74 Å². The Morgan fingerprint density at radius 3 is 3.21 bits per heavy atom. The van der Waals surface area contributed by atoms with Crippen molar-refractivity contribution in [3.05, 3.63) is 17.2 Å². The number of ether oxygens (including phenoxy) is 1. The lowest BCUT2D eigenvalue weighted by Gasteiger charge is -2.11. The highest BCUT2D eigenvalue weighted by Gasteiger charge is 2.14. The van der Waals surface area contributed by atoms with Crippen LogP contribution in [0.15, 0.2) is 12.4 Å². The molecular weight excluding hydrogens is 198 g/mol. The van der Waals surface area contributed by atoms with E-state index < -0.39 is 0 Å². The number of nitrogens with one attached hydrogen (secondary N) is 2. The first-order valence-electron chi connectivity index (χ1n) is 4.75. The maximum absolute atomic E-state index is 5.54. The fraction of sp³-hybridized carbons (Fsp3) is 0.556. The first kappa shape index (κ1) is 9.61. The zero-order valence-electron chi connectivity index (χ0n) is 7.82. The van der Waals surface area contributed by atoms with Crippen LogP contribution in [-0.2, 0) is 0 Å². The Balaban J connectivity index is 1.85. The predicted molar refractivity (Wildman–Crippen MR) is 55.9 cm³/mol. The molecule has 2 rings (SSSR count). The van der Waals surface area contributed by atoms with Gasteiger partial charge in [0.25, 0.3) is 0 Å². The van der Waals surface area contributed by atoms with Gasteiger partial charge in [0.2, 0.25) is 0 Å². The van der Waals surface area contributed by atoms with E-state index in [2.05, 4.69) is 15.3 Å². The molecule has 0 saturated carbocycles. The molecule has 0 radical (unpaired) electrons. The summed E-state index contributed by atoms with van der Waals surface area (Å²) in [4.78, 5) is 6.77. The van der Waals surface area contributed by atoms with Crippen molar-refractivity contribution in [2.24, 2.45) is 0 Å². The van der Waals surface area contributed by atoms with Crippen molar-refractivity contribution in [1.82, 2.24) is 15.3 Å². The van der Waals surface area contributed by atoms with Gasteiger partial charge in [-0.15, -0.1) is 0 Å². The lowest BCUT2D eigenvalue weighted by Crippen LogP contribution is -2.28. The summed E-state index contributed by atoms with van der Waals surface area (Å²) in [6, 6.07) is 0.484. The second-order valence-electron chi connectivity index (χ2n) is 3.36. The van der Waals surface area contributed by atoms with Crippen molar-refractivity contribution in [3.8, 4) is 5.75 Å². The number of H-pyrrole nitrogens is 1. The van der Waals surface area contributed by atoms with Crippen LogP contribution in [0.4, 0.5) is 0 Å². The molecule has 1 unspecified atom stereocenters. The minimum atomic E-state index is 0.483. The molecule has 1 aromatic rings. The number of hydrogen-bond donors (Lipinski definition) is 2. The Kier molecular flexibility index (Phi) is 3.10. The second-order valence-corrected chi connectivity index (χ2v) is 3.75. The van der Waals surface area contributed by atoms with Crippen LogP contribution in [0, 0.1) is 4.77 Å². The third-order valence-electron chi connectivity index (χ3n) is 2.26. The molecule has 1 fully saturated rings. The summed E-state index contributed by atoms with van der Waals surface area (Å²) in [6.07, 6.45) is 5.82. The number of rotatable bonds is 3. The number of aromatic amines is 1. The van der Waals surface area contributed by atoms with Gasteiger partial charge in [0, 0.05) is 12.2 Å². The molecule has 14 heavy (non-hydrogen) atoms. The van der Waals surface area contributed by atoms with Gasteiger partial charge in [-0.3, -0.25) is 0 Å². The number of nitrogens with zero attached hydrogens (tertiary/aromatic N) is 1. The smallest absolute Gasteiger partial charge is 0.196 e. The highest BCUT2D eigenvalue weighted by Crippen LogP contribution is 2.09. The van der Waals surface area contributed by atoms with Crippen molar-refractivity contribution in [3.63, 3.8) is 0 Å². The molecule has 0 amide bonds. The summed E-state index contributed by atoms with van der Waals surface area (Å²) < 4.78 is 6.03. The van der Waals surface area contributed by atoms with E-state index in [1.54, 1.807) is 12.4 Å². The minimum Gasteiger partial charge on any atom is -0.489 e. The van der Waals surface area contributed by atoms with E-state index in [1.807, 2.05) is 0 Å². The van der Waals surface area contributed by atoms with Gasteiger partial charge in [-0.1, -0.05) is 0 Å². The molecule has 1 aromatic heterocycles. The monoisotopic (exact) mass is 211 g/mol. The molecule has 1 atom stereocenters. The van der Waals surface area contributed by atoms with Crippen LogP contribution < -0.4 is 10.1 Å². The third-order valence-corrected chi connectivity index (χ3v) is 2.48. The van der Waals surface area contributed by atoms with Crippen LogP contribution in [0.2, 0.25) is 0 Å². The van der Waals surface area contributed by atoms with Gasteiger partial charge in [0.15, 0.2) is 10.5 Å². The fourth-order valence-electron chi connectivity index (χ4n) is 1.50. The van der Waals surface area contributed by atoms with Gasteiger partial charge in [0.1, 0.15) is 6.61 Å². The van der Waals surface area contributed by atoms with Crippen molar-refractivity contribution in [2.45, 2.75) is 18.9 Å². The quantitative estimate of drug-likeness (QED) is 0.739. The van der Waals surface area contributed by atoms with E-state index >= 15 is 0 Å². The van der Waals surface area contributed by atoms with E-state index in [-0.39, 0.29) is 0 Å². The zero-order valence-corrected chi connectivity index (χ0v) is 8.64. The van der Waals surface area contributed by atoms with Crippen molar-refractivity contribution >= 4 is 12.2 Å². The number of hydrogen-bond acceptors (Lipinski definition) is 4. The maximum Gasteiger partial charge on any atom is 0.196 e. The first-order valence-corrected chi connectivity index (χ1v) is 5.16. The van der Waals surface area contributed by atoms with Gasteiger partial charge in [-0.25, -0.2) is 4.98 Å². The van der Waals surface area contributed by atoms with Crippen LogP contribution in [-0.4, -0.2) is 29.2 Å². The molecule has 2 N–H and O–H groups in total. The van der Waals surface area contributed by atoms with Crippen LogP contribution in [0.25, 0.3) is 0 Å². The molecule has 4 nitrogen and oxygen atoms in total. The van der Waals surface area contributed by atoms with E-state index in [9.17, 15) is 0 Å². The zero-order chi connectivity index (χ0) is 9.80. The molecule has 2 heterocycles. The lowest BCUT2D eigenvalue weighted by molar-refractivity contribution is 0.275. The number of aromatic nitrogens is 2. The standard InChI is InChI=1S/C9H13N3OS/c14-9-11-4-8(5-12-9)13-6-7-2-1-3-10-7/h4-5,7,10H,1-3,6H2,(H,11,12,14). The summed E-state index contributed by atoms with van der Waals surface area (Å²) in [5.74, 6) is 0.743. The molecule has 0 spiro atoms. The summed E-state index contributed by atoms with van der Waals surface area (Å²) in [5, 5.41) is 3.36. The van der Waals surface area contributed by atoms with E-state index in [0.29, 0.717) is 17.4 Å². The van der Waals surface area contributed by atoms with E-state index in [1.165, 1.54) is 12.8 Å². The Morgan fingerprint density at radius 1 is 1.64 bits per heavy atom. The molecule has 0 bridgehead atoms. The predicted octanol–water partition coefficient (Wildman–Crippen LogP) is 1.27. The Bertz CT molecular complexity index is 326. The SMILES string of the molecule is S=c1ncc(OCC2CCCN2)c[nH]1. The van der Waals surface area contributed by atoms with Crippen LogP contribution in [0.1, 0.15) is 12.8 Å². The van der Waals surface area contributed by atoms with Crippen LogP contribution >= 0.6 is 12.2 Å². The molecule has 1 aliphatic rings. The van der Waals surface area contributed by atoms with Gasteiger partial charge >= 0.3 is 0 Å². The average Bonchev–Trinajstić information content (AvgIpc) is 2.70. The van der Waals surface area contributed by atoms with Crippen LogP contribution in [0.3, 0.4) is 0 Å². The van der Waals surface area contributed by atoms with Crippen molar-refractivity contribution in [2.75, 3.05) is 13.2 Å². The van der Waals surface area contributed by atoms with Gasteiger partial charge in [-0.05, 0) is 31.6 Å². The van der Waals surface area contributed by atoms with Crippen LogP contribution in [0.5, 0.6) is 5.75 Å². The molecule has 76 valence electrons. The summed E-state index contributed by atoms with van der Waals surface area (Å²) in [6.45, 7) is 1.80. The van der Waals surface area contributed by atoms with Gasteiger partial charge < -0.3 is 15.0 Å². The Labute approximate surface area is 87.7 Å². The molecule has 0 aliphatic carbocycles. The van der Waals surface area contributed by atoms with E-state index in [4.69, 9.17) is 17.0 Å². The maximum atomic E-state index is 5.54. The average molecular weight is 211 g/mol. The highest BCUT2D eigenvalue weighted by molar-refractivity contribution is 7.71. The topological polar surface area (TPSA) is 49.9 Å². The lowest BCUT2D eigenvalue weighted by atomic mass is 10.2. The van der Waals surface area contributed by atoms with Gasteiger partial charge in [0.05, 0.1) is 6.20 Å². The van der Waals surface area contributed by atoms with E-state index in [0.717, 1.165) is 12.3 Å². The second kappa shape index (κ2) is 4.52. The first-order chi connectivity index (χ1) is 6.84. The molecule has 5 heteroatoms.